The Kier molecular flexibility index (Phi) is 3.49. The standard InChI is InChI=1S/C16H15BrN2O/c1-10-2-4-14(17)13(8-10)16(20)19-12-3-5-15-11(9-12)6-7-18-15/h2-5,8-9,18H,6-7H2,1H3,(H,19,20). The number of anilines is 2. The molecule has 1 aliphatic rings. The van der Waals surface area contributed by atoms with Gasteiger partial charge in [-0.2, -0.15) is 0 Å². The van der Waals surface area contributed by atoms with E-state index in [9.17, 15) is 4.79 Å². The summed E-state index contributed by atoms with van der Waals surface area (Å²) in [6, 6.07) is 11.7. The van der Waals surface area contributed by atoms with E-state index in [0.29, 0.717) is 5.56 Å². The van der Waals surface area contributed by atoms with E-state index in [1.165, 1.54) is 11.3 Å². The summed E-state index contributed by atoms with van der Waals surface area (Å²) >= 11 is 3.42. The highest BCUT2D eigenvalue weighted by Crippen LogP contribution is 2.26. The molecule has 4 heteroatoms. The van der Waals surface area contributed by atoms with Gasteiger partial charge in [0.05, 0.1) is 5.56 Å². The number of nitrogens with one attached hydrogen (secondary N) is 2. The van der Waals surface area contributed by atoms with Crippen LogP contribution < -0.4 is 10.6 Å². The molecule has 3 rings (SSSR count). The summed E-state index contributed by atoms with van der Waals surface area (Å²) in [5.74, 6) is -0.0912. The largest absolute Gasteiger partial charge is 0.384 e. The summed E-state index contributed by atoms with van der Waals surface area (Å²) in [6.07, 6.45) is 1.01. The third kappa shape index (κ3) is 2.56. The minimum absolute atomic E-state index is 0.0912. The number of carbonyl (C=O) groups is 1. The Morgan fingerprint density at radius 2 is 2.10 bits per heavy atom. The van der Waals surface area contributed by atoms with Gasteiger partial charge in [0.2, 0.25) is 0 Å². The summed E-state index contributed by atoms with van der Waals surface area (Å²) in [4.78, 5) is 12.3. The van der Waals surface area contributed by atoms with Crippen molar-refractivity contribution >= 4 is 33.2 Å². The normalized spacial score (nSPS) is 12.7. The molecule has 1 heterocycles. The zero-order valence-electron chi connectivity index (χ0n) is 11.2. The third-order valence-corrected chi connectivity index (χ3v) is 4.13. The predicted octanol–water partition coefficient (Wildman–Crippen LogP) is 3.98. The number of hydrogen-bond acceptors (Lipinski definition) is 2. The van der Waals surface area contributed by atoms with Crippen LogP contribution in [0.5, 0.6) is 0 Å². The average molecular weight is 331 g/mol. The lowest BCUT2D eigenvalue weighted by Gasteiger charge is -2.09. The minimum atomic E-state index is -0.0912. The van der Waals surface area contributed by atoms with Crippen LogP contribution in [-0.2, 0) is 6.42 Å². The molecule has 1 aliphatic heterocycles. The molecule has 0 aliphatic carbocycles. The summed E-state index contributed by atoms with van der Waals surface area (Å²) in [5.41, 5.74) is 4.98. The van der Waals surface area contributed by atoms with Crippen LogP contribution in [0.2, 0.25) is 0 Å². The highest BCUT2D eigenvalue weighted by atomic mass is 79.9. The summed E-state index contributed by atoms with van der Waals surface area (Å²) < 4.78 is 0.809. The number of halogens is 1. The molecule has 2 aromatic carbocycles. The van der Waals surface area contributed by atoms with Gasteiger partial charge in [0.15, 0.2) is 0 Å². The van der Waals surface area contributed by atoms with Gasteiger partial charge in [-0.1, -0.05) is 11.6 Å². The Balaban J connectivity index is 1.84. The second-order valence-corrected chi connectivity index (χ2v) is 5.84. The van der Waals surface area contributed by atoms with Crippen LogP contribution in [0.1, 0.15) is 21.5 Å². The lowest BCUT2D eigenvalue weighted by atomic mass is 10.1. The van der Waals surface area contributed by atoms with Gasteiger partial charge >= 0.3 is 0 Å². The average Bonchev–Trinajstić information content (AvgIpc) is 2.89. The SMILES string of the molecule is Cc1ccc(Br)c(C(=O)Nc2ccc3c(c2)CCN3)c1. The topological polar surface area (TPSA) is 41.1 Å². The van der Waals surface area contributed by atoms with Crippen molar-refractivity contribution in [1.82, 2.24) is 0 Å². The van der Waals surface area contributed by atoms with Gasteiger partial charge in [-0.15, -0.1) is 0 Å². The van der Waals surface area contributed by atoms with Gasteiger partial charge in [0.25, 0.3) is 5.91 Å². The van der Waals surface area contributed by atoms with Crippen LogP contribution in [0.25, 0.3) is 0 Å². The molecule has 102 valence electrons. The van der Waals surface area contributed by atoms with E-state index in [4.69, 9.17) is 0 Å². The van der Waals surface area contributed by atoms with E-state index in [1.54, 1.807) is 0 Å². The molecule has 0 saturated carbocycles. The molecule has 1 amide bonds. The van der Waals surface area contributed by atoms with Gasteiger partial charge < -0.3 is 10.6 Å². The van der Waals surface area contributed by atoms with Crippen molar-refractivity contribution in [1.29, 1.82) is 0 Å². The quantitative estimate of drug-likeness (QED) is 0.874. The molecule has 2 N–H and O–H groups in total. The van der Waals surface area contributed by atoms with Crippen LogP contribution in [0.3, 0.4) is 0 Å². The van der Waals surface area contributed by atoms with E-state index < -0.39 is 0 Å². The van der Waals surface area contributed by atoms with Crippen molar-refractivity contribution in [3.8, 4) is 0 Å². The number of hydrogen-bond donors (Lipinski definition) is 2. The maximum absolute atomic E-state index is 12.3. The van der Waals surface area contributed by atoms with Crippen molar-refractivity contribution in [2.45, 2.75) is 13.3 Å². The highest BCUT2D eigenvalue weighted by molar-refractivity contribution is 9.10. The van der Waals surface area contributed by atoms with Crippen molar-refractivity contribution in [3.63, 3.8) is 0 Å². The number of benzene rings is 2. The summed E-state index contributed by atoms with van der Waals surface area (Å²) in [7, 11) is 0. The molecule has 0 bridgehead atoms. The zero-order chi connectivity index (χ0) is 14.1. The Bertz CT molecular complexity index is 682. The minimum Gasteiger partial charge on any atom is -0.384 e. The second-order valence-electron chi connectivity index (χ2n) is 4.99. The summed E-state index contributed by atoms with van der Waals surface area (Å²) in [6.45, 7) is 2.94. The van der Waals surface area contributed by atoms with Crippen molar-refractivity contribution < 1.29 is 4.79 Å². The molecule has 0 aromatic heterocycles. The fourth-order valence-corrected chi connectivity index (χ4v) is 2.82. The lowest BCUT2D eigenvalue weighted by Crippen LogP contribution is -2.12. The van der Waals surface area contributed by atoms with Gasteiger partial charge in [-0.25, -0.2) is 0 Å². The van der Waals surface area contributed by atoms with Gasteiger partial charge in [0.1, 0.15) is 0 Å². The molecule has 0 spiro atoms. The fourth-order valence-electron chi connectivity index (χ4n) is 2.39. The Morgan fingerprint density at radius 1 is 1.25 bits per heavy atom. The molecule has 0 saturated heterocycles. The summed E-state index contributed by atoms with van der Waals surface area (Å²) in [5, 5.41) is 6.27. The van der Waals surface area contributed by atoms with Crippen LogP contribution >= 0.6 is 15.9 Å². The van der Waals surface area contributed by atoms with Gasteiger partial charge in [0, 0.05) is 22.4 Å². The molecule has 0 atom stereocenters. The van der Waals surface area contributed by atoms with E-state index in [0.717, 1.165) is 28.7 Å². The van der Waals surface area contributed by atoms with Crippen LogP contribution in [-0.4, -0.2) is 12.5 Å². The molecule has 0 fully saturated rings. The second kappa shape index (κ2) is 5.29. The molecular weight excluding hydrogens is 316 g/mol. The third-order valence-electron chi connectivity index (χ3n) is 3.44. The molecule has 20 heavy (non-hydrogen) atoms. The van der Waals surface area contributed by atoms with E-state index in [2.05, 4.69) is 26.6 Å². The Labute approximate surface area is 126 Å². The Morgan fingerprint density at radius 3 is 2.95 bits per heavy atom. The number of carbonyl (C=O) groups excluding carboxylic acids is 1. The number of fused-ring (bicyclic) bond motifs is 1. The molecular formula is C16H15BrN2O. The van der Waals surface area contributed by atoms with Gasteiger partial charge in [-0.3, -0.25) is 4.79 Å². The van der Waals surface area contributed by atoms with Crippen LogP contribution in [0.4, 0.5) is 11.4 Å². The first-order valence-electron chi connectivity index (χ1n) is 6.58. The van der Waals surface area contributed by atoms with Crippen LogP contribution in [0.15, 0.2) is 40.9 Å². The van der Waals surface area contributed by atoms with Crippen molar-refractivity contribution in [3.05, 3.63) is 57.6 Å². The first-order chi connectivity index (χ1) is 9.63. The van der Waals surface area contributed by atoms with E-state index in [-0.39, 0.29) is 5.91 Å². The van der Waals surface area contributed by atoms with Crippen molar-refractivity contribution in [2.75, 3.05) is 17.2 Å². The first-order valence-corrected chi connectivity index (χ1v) is 7.37. The molecule has 0 unspecified atom stereocenters. The molecule has 3 nitrogen and oxygen atoms in total. The van der Waals surface area contributed by atoms with Crippen LogP contribution in [0, 0.1) is 6.92 Å². The predicted molar refractivity (Wildman–Crippen MR) is 85.5 cm³/mol. The van der Waals surface area contributed by atoms with E-state index in [1.807, 2.05) is 43.3 Å². The number of amides is 1. The van der Waals surface area contributed by atoms with Crippen molar-refractivity contribution in [2.24, 2.45) is 0 Å². The number of aryl methyl sites for hydroxylation is 1. The molecule has 2 aromatic rings. The number of rotatable bonds is 2. The smallest absolute Gasteiger partial charge is 0.256 e. The fraction of sp³-hybridized carbons (Fsp3) is 0.188. The van der Waals surface area contributed by atoms with E-state index >= 15 is 0 Å². The monoisotopic (exact) mass is 330 g/mol. The first kappa shape index (κ1) is 13.2. The highest BCUT2D eigenvalue weighted by Gasteiger charge is 2.13. The molecule has 0 radical (unpaired) electrons. The zero-order valence-corrected chi connectivity index (χ0v) is 12.8. The van der Waals surface area contributed by atoms with Gasteiger partial charge in [-0.05, 0) is 65.2 Å². The lowest BCUT2D eigenvalue weighted by molar-refractivity contribution is 0.102. The maximum atomic E-state index is 12.3. The maximum Gasteiger partial charge on any atom is 0.256 e. The Hall–Kier alpha value is -1.81.